The second kappa shape index (κ2) is 5.60. The smallest absolute Gasteiger partial charge is 0.242 e. The maximum Gasteiger partial charge on any atom is 0.242 e. The van der Waals surface area contributed by atoms with E-state index in [1.165, 1.54) is 16.9 Å². The molecule has 0 fully saturated rings. The highest BCUT2D eigenvalue weighted by Crippen LogP contribution is 2.39. The molecule has 0 aromatic carbocycles. The fourth-order valence-electron chi connectivity index (χ4n) is 2.80. The monoisotopic (exact) mass is 304 g/mol. The third-order valence-electron chi connectivity index (χ3n) is 3.77. The third kappa shape index (κ3) is 2.60. The van der Waals surface area contributed by atoms with E-state index in [1.54, 1.807) is 11.3 Å². The van der Waals surface area contributed by atoms with Crippen LogP contribution in [0.2, 0.25) is 0 Å². The Labute approximate surface area is 128 Å². The van der Waals surface area contributed by atoms with Crippen LogP contribution < -0.4 is 10.6 Å². The number of likely N-dealkylation sites (N-methyl/N-ethyl adjacent to an activating group) is 1. The standard InChI is InChI=1S/C15H20N4OS/c1-4-16-14(20)8(2)17-13-12-10-6-5-7-11(10)21-15(12)19-9(3)18-13/h8H,4-7H2,1-3H3,(H,16,20)(H,17,18,19). The Morgan fingerprint density at radius 3 is 2.95 bits per heavy atom. The lowest BCUT2D eigenvalue weighted by Crippen LogP contribution is -2.37. The Balaban J connectivity index is 1.99. The first-order valence-corrected chi connectivity index (χ1v) is 8.25. The summed E-state index contributed by atoms with van der Waals surface area (Å²) in [5.74, 6) is 1.54. The zero-order valence-corrected chi connectivity index (χ0v) is 13.4. The Morgan fingerprint density at radius 1 is 1.38 bits per heavy atom. The van der Waals surface area contributed by atoms with Crippen LogP contribution >= 0.6 is 11.3 Å². The average Bonchev–Trinajstić information content (AvgIpc) is 2.98. The molecule has 1 aliphatic carbocycles. The van der Waals surface area contributed by atoms with E-state index in [9.17, 15) is 4.79 Å². The summed E-state index contributed by atoms with van der Waals surface area (Å²) in [6.07, 6.45) is 3.43. The van der Waals surface area contributed by atoms with Gasteiger partial charge in [0, 0.05) is 11.4 Å². The van der Waals surface area contributed by atoms with E-state index in [1.807, 2.05) is 20.8 Å². The lowest BCUT2D eigenvalue weighted by molar-refractivity contribution is -0.121. The molecule has 21 heavy (non-hydrogen) atoms. The molecule has 0 radical (unpaired) electrons. The van der Waals surface area contributed by atoms with Gasteiger partial charge < -0.3 is 10.6 Å². The van der Waals surface area contributed by atoms with Crippen LogP contribution in [0, 0.1) is 6.92 Å². The highest BCUT2D eigenvalue weighted by Gasteiger charge is 2.23. The van der Waals surface area contributed by atoms with Crippen molar-refractivity contribution in [3.63, 3.8) is 0 Å². The van der Waals surface area contributed by atoms with Crippen LogP contribution in [0.1, 0.15) is 36.5 Å². The van der Waals surface area contributed by atoms with Crippen molar-refractivity contribution in [1.82, 2.24) is 15.3 Å². The maximum absolute atomic E-state index is 11.9. The number of aryl methyl sites for hydroxylation is 3. The average molecular weight is 304 g/mol. The number of nitrogens with zero attached hydrogens (tertiary/aromatic N) is 2. The molecule has 0 saturated heterocycles. The van der Waals surface area contributed by atoms with Gasteiger partial charge in [0.25, 0.3) is 0 Å². The van der Waals surface area contributed by atoms with Crippen molar-refractivity contribution in [2.45, 2.75) is 46.1 Å². The normalized spacial score (nSPS) is 15.0. The zero-order chi connectivity index (χ0) is 15.0. The van der Waals surface area contributed by atoms with Crippen molar-refractivity contribution in [2.75, 3.05) is 11.9 Å². The summed E-state index contributed by atoms with van der Waals surface area (Å²) in [7, 11) is 0. The van der Waals surface area contributed by atoms with E-state index < -0.39 is 0 Å². The number of rotatable bonds is 4. The number of anilines is 1. The SMILES string of the molecule is CCNC(=O)C(C)Nc1nc(C)nc2sc3c(c12)CCC3. The molecule has 1 unspecified atom stereocenters. The fourth-order valence-corrected chi connectivity index (χ4v) is 4.11. The van der Waals surface area contributed by atoms with Gasteiger partial charge in [0.2, 0.25) is 5.91 Å². The molecule has 3 rings (SSSR count). The number of nitrogens with one attached hydrogen (secondary N) is 2. The van der Waals surface area contributed by atoms with Gasteiger partial charge in [-0.1, -0.05) is 0 Å². The van der Waals surface area contributed by atoms with E-state index in [4.69, 9.17) is 0 Å². The number of carbonyl (C=O) groups is 1. The quantitative estimate of drug-likeness (QED) is 0.910. The van der Waals surface area contributed by atoms with E-state index in [0.29, 0.717) is 6.54 Å². The topological polar surface area (TPSA) is 66.9 Å². The Bertz CT molecular complexity index is 695. The van der Waals surface area contributed by atoms with E-state index in [0.717, 1.165) is 34.7 Å². The highest BCUT2D eigenvalue weighted by molar-refractivity contribution is 7.19. The molecule has 0 spiro atoms. The zero-order valence-electron chi connectivity index (χ0n) is 12.6. The van der Waals surface area contributed by atoms with Crippen molar-refractivity contribution in [1.29, 1.82) is 0 Å². The number of hydrogen-bond donors (Lipinski definition) is 2. The second-order valence-electron chi connectivity index (χ2n) is 5.42. The molecule has 0 aliphatic heterocycles. The molecule has 2 aromatic rings. The van der Waals surface area contributed by atoms with Gasteiger partial charge in [-0.2, -0.15) is 0 Å². The molecule has 0 saturated carbocycles. The predicted octanol–water partition coefficient (Wildman–Crippen LogP) is 2.42. The minimum absolute atomic E-state index is 0.00575. The molecule has 2 aromatic heterocycles. The van der Waals surface area contributed by atoms with Crippen molar-refractivity contribution in [3.8, 4) is 0 Å². The van der Waals surface area contributed by atoms with Gasteiger partial charge in [-0.25, -0.2) is 9.97 Å². The van der Waals surface area contributed by atoms with E-state index in [-0.39, 0.29) is 11.9 Å². The van der Waals surface area contributed by atoms with Gasteiger partial charge in [-0.3, -0.25) is 4.79 Å². The molecular weight excluding hydrogens is 284 g/mol. The van der Waals surface area contributed by atoms with Crippen LogP contribution in [-0.2, 0) is 17.6 Å². The van der Waals surface area contributed by atoms with Crippen LogP contribution in [0.3, 0.4) is 0 Å². The van der Waals surface area contributed by atoms with E-state index >= 15 is 0 Å². The van der Waals surface area contributed by atoms with Crippen LogP contribution in [0.4, 0.5) is 5.82 Å². The summed E-state index contributed by atoms with van der Waals surface area (Å²) < 4.78 is 0. The number of hydrogen-bond acceptors (Lipinski definition) is 5. The highest BCUT2D eigenvalue weighted by atomic mass is 32.1. The molecular formula is C15H20N4OS. The number of aromatic nitrogens is 2. The molecule has 0 bridgehead atoms. The predicted molar refractivity (Wildman–Crippen MR) is 85.9 cm³/mol. The molecule has 5 nitrogen and oxygen atoms in total. The van der Waals surface area contributed by atoms with Crippen LogP contribution in [-0.4, -0.2) is 28.5 Å². The first-order chi connectivity index (χ1) is 10.1. The summed E-state index contributed by atoms with van der Waals surface area (Å²) in [6, 6.07) is -0.306. The Hall–Kier alpha value is -1.69. The van der Waals surface area contributed by atoms with Crippen molar-refractivity contribution >= 4 is 33.3 Å². The van der Waals surface area contributed by atoms with Gasteiger partial charge in [0.05, 0.1) is 5.39 Å². The van der Waals surface area contributed by atoms with Crippen molar-refractivity contribution in [2.24, 2.45) is 0 Å². The summed E-state index contributed by atoms with van der Waals surface area (Å²) in [5, 5.41) is 7.22. The van der Waals surface area contributed by atoms with Crippen molar-refractivity contribution in [3.05, 3.63) is 16.3 Å². The van der Waals surface area contributed by atoms with E-state index in [2.05, 4.69) is 20.6 Å². The summed E-state index contributed by atoms with van der Waals surface area (Å²) in [6.45, 7) is 6.31. The fraction of sp³-hybridized carbons (Fsp3) is 0.533. The molecule has 2 N–H and O–H groups in total. The number of fused-ring (bicyclic) bond motifs is 3. The largest absolute Gasteiger partial charge is 0.358 e. The molecule has 1 amide bonds. The minimum Gasteiger partial charge on any atom is -0.358 e. The molecule has 1 atom stereocenters. The number of thiophene rings is 1. The maximum atomic E-state index is 11.9. The third-order valence-corrected chi connectivity index (χ3v) is 4.96. The van der Waals surface area contributed by atoms with Crippen LogP contribution in [0.5, 0.6) is 0 Å². The van der Waals surface area contributed by atoms with Gasteiger partial charge in [0.1, 0.15) is 22.5 Å². The number of carbonyl (C=O) groups excluding carboxylic acids is 1. The van der Waals surface area contributed by atoms with Gasteiger partial charge in [-0.15, -0.1) is 11.3 Å². The number of amides is 1. The summed E-state index contributed by atoms with van der Waals surface area (Å²) >= 11 is 1.77. The van der Waals surface area contributed by atoms with Crippen molar-refractivity contribution < 1.29 is 4.79 Å². The van der Waals surface area contributed by atoms with Gasteiger partial charge >= 0.3 is 0 Å². The van der Waals surface area contributed by atoms with Gasteiger partial charge in [0.15, 0.2) is 0 Å². The molecule has 2 heterocycles. The molecule has 1 aliphatic rings. The minimum atomic E-state index is -0.306. The van der Waals surface area contributed by atoms with Crippen LogP contribution in [0.15, 0.2) is 0 Å². The first-order valence-electron chi connectivity index (χ1n) is 7.43. The Kier molecular flexibility index (Phi) is 3.80. The summed E-state index contributed by atoms with van der Waals surface area (Å²) in [4.78, 5) is 23.5. The lowest BCUT2D eigenvalue weighted by atomic mass is 10.2. The Morgan fingerprint density at radius 2 is 2.19 bits per heavy atom. The summed E-state index contributed by atoms with van der Waals surface area (Å²) in [5.41, 5.74) is 1.38. The molecule has 6 heteroatoms. The van der Waals surface area contributed by atoms with Crippen LogP contribution in [0.25, 0.3) is 10.2 Å². The first kappa shape index (κ1) is 14.3. The molecule has 112 valence electrons. The second-order valence-corrected chi connectivity index (χ2v) is 6.50. The van der Waals surface area contributed by atoms with Gasteiger partial charge in [-0.05, 0) is 45.6 Å². The lowest BCUT2D eigenvalue weighted by Gasteiger charge is -2.15.